The van der Waals surface area contributed by atoms with Crippen molar-refractivity contribution in [2.75, 3.05) is 0 Å². The molecule has 16 heavy (non-hydrogen) atoms. The largest absolute Gasteiger partial charge is 0.508 e. The van der Waals surface area contributed by atoms with Gasteiger partial charge in [0.2, 0.25) is 0 Å². The maximum absolute atomic E-state index is 11.4. The van der Waals surface area contributed by atoms with Crippen LogP contribution in [0.1, 0.15) is 12.0 Å². The van der Waals surface area contributed by atoms with E-state index in [0.717, 1.165) is 5.56 Å². The van der Waals surface area contributed by atoms with E-state index in [0.29, 0.717) is 12.2 Å². The number of carbonyl (C=O) groups is 2. The summed E-state index contributed by atoms with van der Waals surface area (Å²) in [5.41, 5.74) is 0.739. The van der Waals surface area contributed by atoms with Crippen LogP contribution in [0.2, 0.25) is 0 Å². The summed E-state index contributed by atoms with van der Waals surface area (Å²) in [5, 5.41) is 17.8. The smallest absolute Gasteiger partial charge is 0.315 e. The number of aliphatic carboxylic acids is 1. The van der Waals surface area contributed by atoms with E-state index in [-0.39, 0.29) is 12.2 Å². The molecule has 2 N–H and O–H groups in total. The van der Waals surface area contributed by atoms with Gasteiger partial charge in [0, 0.05) is 6.07 Å². The Morgan fingerprint density at radius 2 is 2.25 bits per heavy atom. The number of fused-ring (bicyclic) bond motifs is 1. The molecule has 0 spiro atoms. The zero-order chi connectivity index (χ0) is 11.7. The van der Waals surface area contributed by atoms with E-state index < -0.39 is 17.9 Å². The van der Waals surface area contributed by atoms with Crippen LogP contribution in [0.4, 0.5) is 0 Å². The number of rotatable bonds is 2. The van der Waals surface area contributed by atoms with E-state index in [1.165, 1.54) is 12.1 Å². The molecule has 0 bridgehead atoms. The summed E-state index contributed by atoms with van der Waals surface area (Å²) in [6, 6.07) is 4.46. The van der Waals surface area contributed by atoms with Crippen molar-refractivity contribution in [2.45, 2.75) is 12.8 Å². The molecule has 0 unspecified atom stereocenters. The second-order valence-electron chi connectivity index (χ2n) is 3.71. The summed E-state index contributed by atoms with van der Waals surface area (Å²) in [4.78, 5) is 22.0. The Balaban J connectivity index is 2.25. The van der Waals surface area contributed by atoms with Gasteiger partial charge in [-0.05, 0) is 18.1 Å². The van der Waals surface area contributed by atoms with Crippen LogP contribution < -0.4 is 4.74 Å². The number of esters is 1. The van der Waals surface area contributed by atoms with Crippen LogP contribution in [0.5, 0.6) is 11.5 Å². The van der Waals surface area contributed by atoms with Gasteiger partial charge in [-0.1, -0.05) is 6.07 Å². The highest BCUT2D eigenvalue weighted by Crippen LogP contribution is 2.32. The predicted octanol–water partition coefficient (Wildman–Crippen LogP) is 0.945. The van der Waals surface area contributed by atoms with E-state index in [1.807, 2.05) is 0 Å². The number of carboxylic acids is 1. The molecule has 0 aliphatic carbocycles. The summed E-state index contributed by atoms with van der Waals surface area (Å²) in [5.74, 6) is -1.89. The highest BCUT2D eigenvalue weighted by Gasteiger charge is 2.30. The van der Waals surface area contributed by atoms with Gasteiger partial charge in [0.1, 0.15) is 11.5 Å². The SMILES string of the molecule is O=C(O)C[C@@H]1Cc2ccc(O)cc2OC1=O. The molecule has 1 aromatic carbocycles. The first-order valence-electron chi connectivity index (χ1n) is 4.81. The number of phenols is 1. The lowest BCUT2D eigenvalue weighted by atomic mass is 9.93. The first kappa shape index (κ1) is 10.5. The fourth-order valence-electron chi connectivity index (χ4n) is 1.71. The molecule has 84 valence electrons. The van der Waals surface area contributed by atoms with Gasteiger partial charge in [-0.2, -0.15) is 0 Å². The van der Waals surface area contributed by atoms with Crippen molar-refractivity contribution < 1.29 is 24.5 Å². The van der Waals surface area contributed by atoms with Gasteiger partial charge in [0.15, 0.2) is 0 Å². The zero-order valence-electron chi connectivity index (χ0n) is 8.34. The summed E-state index contributed by atoms with van der Waals surface area (Å²) in [6.07, 6.45) is 0.0971. The minimum Gasteiger partial charge on any atom is -0.508 e. The number of ether oxygens (including phenoxy) is 1. The Bertz CT molecular complexity index is 452. The van der Waals surface area contributed by atoms with E-state index >= 15 is 0 Å². The molecule has 0 saturated carbocycles. The van der Waals surface area contributed by atoms with Crippen molar-refractivity contribution in [2.24, 2.45) is 5.92 Å². The summed E-state index contributed by atoms with van der Waals surface area (Å²) < 4.78 is 4.96. The molecule has 5 heteroatoms. The van der Waals surface area contributed by atoms with Gasteiger partial charge in [0.05, 0.1) is 12.3 Å². The van der Waals surface area contributed by atoms with Crippen molar-refractivity contribution in [3.8, 4) is 11.5 Å². The lowest BCUT2D eigenvalue weighted by Crippen LogP contribution is -2.29. The van der Waals surface area contributed by atoms with Crippen LogP contribution in [0, 0.1) is 5.92 Å². The van der Waals surface area contributed by atoms with Crippen molar-refractivity contribution in [1.82, 2.24) is 0 Å². The van der Waals surface area contributed by atoms with Crippen LogP contribution in [0.3, 0.4) is 0 Å². The van der Waals surface area contributed by atoms with E-state index in [1.54, 1.807) is 6.07 Å². The van der Waals surface area contributed by atoms with Crippen LogP contribution >= 0.6 is 0 Å². The van der Waals surface area contributed by atoms with Gasteiger partial charge in [-0.25, -0.2) is 0 Å². The third-order valence-corrected chi connectivity index (χ3v) is 2.48. The number of carboxylic acid groups (broad SMARTS) is 1. The molecular weight excluding hydrogens is 212 g/mol. The summed E-state index contributed by atoms with van der Waals surface area (Å²) >= 11 is 0. The van der Waals surface area contributed by atoms with Crippen molar-refractivity contribution in [1.29, 1.82) is 0 Å². The Labute approximate surface area is 91.3 Å². The number of benzene rings is 1. The first-order valence-corrected chi connectivity index (χ1v) is 4.81. The normalized spacial score (nSPS) is 18.8. The number of phenolic OH excluding ortho intramolecular Hbond substituents is 1. The molecule has 0 saturated heterocycles. The van der Waals surface area contributed by atoms with Crippen LogP contribution in [0.25, 0.3) is 0 Å². The average molecular weight is 222 g/mol. The third kappa shape index (κ3) is 1.98. The predicted molar refractivity (Wildman–Crippen MR) is 53.2 cm³/mol. The third-order valence-electron chi connectivity index (χ3n) is 2.48. The molecule has 1 aliphatic heterocycles. The number of hydrogen-bond donors (Lipinski definition) is 2. The molecule has 0 radical (unpaired) electrons. The minimum atomic E-state index is -1.02. The van der Waals surface area contributed by atoms with Gasteiger partial charge in [-0.3, -0.25) is 9.59 Å². The standard InChI is InChI=1S/C11H10O5/c12-8-2-1-6-3-7(4-10(13)14)11(15)16-9(6)5-8/h1-2,5,7,12H,3-4H2,(H,13,14)/t7-/m0/s1. The Morgan fingerprint density at radius 3 is 2.94 bits per heavy atom. The molecule has 0 amide bonds. The second kappa shape index (κ2) is 3.84. The summed E-state index contributed by atoms with van der Waals surface area (Å²) in [7, 11) is 0. The molecule has 0 fully saturated rings. The molecule has 1 heterocycles. The van der Waals surface area contributed by atoms with Gasteiger partial charge < -0.3 is 14.9 Å². The number of aromatic hydroxyl groups is 1. The zero-order valence-corrected chi connectivity index (χ0v) is 8.34. The molecule has 0 aromatic heterocycles. The maximum Gasteiger partial charge on any atom is 0.315 e. The average Bonchev–Trinajstić information content (AvgIpc) is 2.19. The molecule has 1 aromatic rings. The van der Waals surface area contributed by atoms with Crippen molar-refractivity contribution >= 4 is 11.9 Å². The van der Waals surface area contributed by atoms with Crippen LogP contribution in [-0.2, 0) is 16.0 Å². The van der Waals surface area contributed by atoms with E-state index in [9.17, 15) is 14.7 Å². The molecule has 1 atom stereocenters. The molecule has 2 rings (SSSR count). The van der Waals surface area contributed by atoms with Crippen LogP contribution in [0.15, 0.2) is 18.2 Å². The lowest BCUT2D eigenvalue weighted by molar-refractivity contribution is -0.147. The highest BCUT2D eigenvalue weighted by atomic mass is 16.5. The molecule has 1 aliphatic rings. The van der Waals surface area contributed by atoms with E-state index in [4.69, 9.17) is 9.84 Å². The minimum absolute atomic E-state index is 0.0169. The molecule has 5 nitrogen and oxygen atoms in total. The number of carbonyl (C=O) groups excluding carboxylic acids is 1. The van der Waals surface area contributed by atoms with E-state index in [2.05, 4.69) is 0 Å². The molecular formula is C11H10O5. The fraction of sp³-hybridized carbons (Fsp3) is 0.273. The van der Waals surface area contributed by atoms with Gasteiger partial charge in [0.25, 0.3) is 0 Å². The topological polar surface area (TPSA) is 83.8 Å². The highest BCUT2D eigenvalue weighted by molar-refractivity contribution is 5.82. The first-order chi connectivity index (χ1) is 7.56. The quantitative estimate of drug-likeness (QED) is 0.574. The Morgan fingerprint density at radius 1 is 1.50 bits per heavy atom. The summed E-state index contributed by atoms with van der Waals surface area (Å²) in [6.45, 7) is 0. The van der Waals surface area contributed by atoms with Gasteiger partial charge in [-0.15, -0.1) is 0 Å². The van der Waals surface area contributed by atoms with Crippen LogP contribution in [-0.4, -0.2) is 22.2 Å². The van der Waals surface area contributed by atoms with Crippen molar-refractivity contribution in [3.63, 3.8) is 0 Å². The maximum atomic E-state index is 11.4. The van der Waals surface area contributed by atoms with Gasteiger partial charge >= 0.3 is 11.9 Å². The monoisotopic (exact) mass is 222 g/mol. The van der Waals surface area contributed by atoms with Crippen molar-refractivity contribution in [3.05, 3.63) is 23.8 Å². The Hall–Kier alpha value is -2.04. The lowest BCUT2D eigenvalue weighted by Gasteiger charge is -2.22. The fourth-order valence-corrected chi connectivity index (χ4v) is 1.71. The second-order valence-corrected chi connectivity index (χ2v) is 3.71. The Kier molecular flexibility index (Phi) is 2.52. The number of hydrogen-bond acceptors (Lipinski definition) is 4.